The second kappa shape index (κ2) is 6.33. The number of aromatic nitrogens is 2. The molecule has 0 aliphatic heterocycles. The molecular formula is C16H12ClFN2S. The Morgan fingerprint density at radius 1 is 1.00 bits per heavy atom. The van der Waals surface area contributed by atoms with Gasteiger partial charge in [-0.1, -0.05) is 53.8 Å². The lowest BCUT2D eigenvalue weighted by Crippen LogP contribution is -1.91. The molecule has 3 aromatic rings. The first-order chi connectivity index (χ1) is 10.2. The zero-order valence-corrected chi connectivity index (χ0v) is 12.6. The zero-order valence-electron chi connectivity index (χ0n) is 11.0. The van der Waals surface area contributed by atoms with Crippen molar-refractivity contribution in [3.05, 3.63) is 81.6 Å². The van der Waals surface area contributed by atoms with Gasteiger partial charge in [-0.2, -0.15) is 0 Å². The first kappa shape index (κ1) is 14.2. The zero-order chi connectivity index (χ0) is 14.7. The molecule has 0 radical (unpaired) electrons. The Kier molecular flexibility index (Phi) is 4.27. The van der Waals surface area contributed by atoms with Gasteiger partial charge in [-0.05, 0) is 23.3 Å². The van der Waals surface area contributed by atoms with Crippen LogP contribution in [0.3, 0.4) is 0 Å². The van der Waals surface area contributed by atoms with Crippen LogP contribution in [0.15, 0.2) is 54.6 Å². The number of hydrogen-bond donors (Lipinski definition) is 0. The minimum atomic E-state index is -0.286. The van der Waals surface area contributed by atoms with Crippen molar-refractivity contribution in [2.45, 2.75) is 11.8 Å². The first-order valence-corrected chi connectivity index (χ1v) is 7.73. The van der Waals surface area contributed by atoms with Crippen molar-refractivity contribution in [2.75, 3.05) is 0 Å². The molecule has 2 nitrogen and oxygen atoms in total. The summed E-state index contributed by atoms with van der Waals surface area (Å²) in [6, 6.07) is 16.2. The van der Waals surface area contributed by atoms with Gasteiger partial charge < -0.3 is 0 Å². The minimum Gasteiger partial charge on any atom is -0.207 e. The van der Waals surface area contributed by atoms with Crippen molar-refractivity contribution in [3.63, 3.8) is 0 Å². The highest BCUT2D eigenvalue weighted by molar-refractivity contribution is 7.11. The van der Waals surface area contributed by atoms with E-state index in [1.807, 2.05) is 30.3 Å². The van der Waals surface area contributed by atoms with Crippen LogP contribution in [-0.4, -0.2) is 10.2 Å². The Hall–Kier alpha value is -1.78. The molecule has 0 saturated heterocycles. The monoisotopic (exact) mass is 318 g/mol. The van der Waals surface area contributed by atoms with Gasteiger partial charge in [0.05, 0.1) is 0 Å². The molecule has 2 aromatic carbocycles. The maximum absolute atomic E-state index is 12.9. The fraction of sp³-hybridized carbons (Fsp3) is 0.125. The maximum atomic E-state index is 12.9. The average Bonchev–Trinajstić information content (AvgIpc) is 2.98. The predicted octanol–water partition coefficient (Wildman–Crippen LogP) is 4.60. The van der Waals surface area contributed by atoms with Crippen LogP contribution in [0.2, 0.25) is 0 Å². The van der Waals surface area contributed by atoms with Gasteiger partial charge in [0.15, 0.2) is 0 Å². The second-order valence-corrected chi connectivity index (χ2v) is 6.14. The molecule has 1 aromatic heterocycles. The largest absolute Gasteiger partial charge is 0.207 e. The number of alkyl halides is 1. The van der Waals surface area contributed by atoms with Crippen molar-refractivity contribution >= 4 is 22.9 Å². The quantitative estimate of drug-likeness (QED) is 0.657. The number of rotatable bonds is 4. The molecule has 21 heavy (non-hydrogen) atoms. The smallest absolute Gasteiger partial charge is 0.139 e. The van der Waals surface area contributed by atoms with Crippen molar-refractivity contribution in [2.24, 2.45) is 0 Å². The standard InChI is InChI=1S/C16H12ClFN2S/c17-15(12-4-2-1-3-5-12)16-20-19-14(21-16)10-11-6-8-13(18)9-7-11/h1-9,15H,10H2. The predicted molar refractivity (Wildman–Crippen MR) is 83.3 cm³/mol. The van der Waals surface area contributed by atoms with Gasteiger partial charge in [0.25, 0.3) is 0 Å². The van der Waals surface area contributed by atoms with E-state index in [1.54, 1.807) is 12.1 Å². The Labute approximate surface area is 131 Å². The summed E-state index contributed by atoms with van der Waals surface area (Å²) in [5.41, 5.74) is 2.01. The number of hydrogen-bond acceptors (Lipinski definition) is 3. The molecule has 0 saturated carbocycles. The van der Waals surface area contributed by atoms with Crippen LogP contribution < -0.4 is 0 Å². The molecule has 106 valence electrons. The topological polar surface area (TPSA) is 25.8 Å². The van der Waals surface area contributed by atoms with E-state index < -0.39 is 0 Å². The lowest BCUT2D eigenvalue weighted by atomic mass is 10.1. The van der Waals surface area contributed by atoms with Gasteiger partial charge in [0, 0.05) is 6.42 Å². The van der Waals surface area contributed by atoms with Crippen LogP contribution in [0.25, 0.3) is 0 Å². The number of nitrogens with zero attached hydrogens (tertiary/aromatic N) is 2. The van der Waals surface area contributed by atoms with Crippen molar-refractivity contribution in [1.82, 2.24) is 10.2 Å². The van der Waals surface area contributed by atoms with Crippen molar-refractivity contribution < 1.29 is 4.39 Å². The molecule has 3 rings (SSSR count). The van der Waals surface area contributed by atoms with Crippen LogP contribution in [0.1, 0.15) is 26.5 Å². The fourth-order valence-corrected chi connectivity index (χ4v) is 3.19. The van der Waals surface area contributed by atoms with Gasteiger partial charge in [-0.15, -0.1) is 21.8 Å². The van der Waals surface area contributed by atoms with E-state index in [4.69, 9.17) is 11.6 Å². The summed E-state index contributed by atoms with van der Waals surface area (Å²) < 4.78 is 12.9. The van der Waals surface area contributed by atoms with E-state index in [1.165, 1.54) is 23.5 Å². The lowest BCUT2D eigenvalue weighted by Gasteiger charge is -2.04. The molecule has 0 spiro atoms. The van der Waals surface area contributed by atoms with Crippen molar-refractivity contribution in [1.29, 1.82) is 0 Å². The fourth-order valence-electron chi connectivity index (χ4n) is 1.98. The summed E-state index contributed by atoms with van der Waals surface area (Å²) in [5, 5.41) is 9.70. The van der Waals surface area contributed by atoms with Gasteiger partial charge >= 0.3 is 0 Å². The van der Waals surface area contributed by atoms with E-state index in [9.17, 15) is 4.39 Å². The SMILES string of the molecule is Fc1ccc(Cc2nnc(C(Cl)c3ccccc3)s2)cc1. The Bertz CT molecular complexity index is 713. The molecular weight excluding hydrogens is 307 g/mol. The highest BCUT2D eigenvalue weighted by Gasteiger charge is 2.16. The highest BCUT2D eigenvalue weighted by Crippen LogP contribution is 2.31. The molecule has 0 amide bonds. The van der Waals surface area contributed by atoms with Gasteiger partial charge in [-0.3, -0.25) is 0 Å². The molecule has 0 fully saturated rings. The normalized spacial score (nSPS) is 12.3. The highest BCUT2D eigenvalue weighted by atomic mass is 35.5. The summed E-state index contributed by atoms with van der Waals surface area (Å²) >= 11 is 7.91. The van der Waals surface area contributed by atoms with E-state index in [0.29, 0.717) is 6.42 Å². The van der Waals surface area contributed by atoms with E-state index in [0.717, 1.165) is 21.1 Å². The maximum Gasteiger partial charge on any atom is 0.139 e. The molecule has 1 unspecified atom stereocenters. The molecule has 1 heterocycles. The van der Waals surface area contributed by atoms with Crippen LogP contribution in [0.4, 0.5) is 4.39 Å². The molecule has 0 bridgehead atoms. The summed E-state index contributed by atoms with van der Waals surface area (Å²) in [4.78, 5) is 0. The van der Waals surface area contributed by atoms with Crippen LogP contribution in [-0.2, 0) is 6.42 Å². The summed E-state index contributed by atoms with van der Waals surface area (Å²) in [6.07, 6.45) is 0.635. The lowest BCUT2D eigenvalue weighted by molar-refractivity contribution is 0.627. The third kappa shape index (κ3) is 3.46. The average molecular weight is 319 g/mol. The Balaban J connectivity index is 1.75. The molecule has 0 aliphatic carbocycles. The second-order valence-electron chi connectivity index (χ2n) is 4.61. The number of benzene rings is 2. The molecule has 1 atom stereocenters. The molecule has 0 N–H and O–H groups in total. The molecule has 0 aliphatic rings. The van der Waals surface area contributed by atoms with Gasteiger partial charge in [-0.25, -0.2) is 4.39 Å². The summed E-state index contributed by atoms with van der Waals surface area (Å²) in [7, 11) is 0. The Morgan fingerprint density at radius 2 is 1.71 bits per heavy atom. The summed E-state index contributed by atoms with van der Waals surface area (Å²) in [6.45, 7) is 0. The minimum absolute atomic E-state index is 0.235. The summed E-state index contributed by atoms with van der Waals surface area (Å²) in [5.74, 6) is -0.235. The Morgan fingerprint density at radius 3 is 2.43 bits per heavy atom. The third-order valence-corrected chi connectivity index (χ3v) is 4.64. The van der Waals surface area contributed by atoms with E-state index >= 15 is 0 Å². The molecule has 5 heteroatoms. The van der Waals surface area contributed by atoms with E-state index in [-0.39, 0.29) is 11.2 Å². The van der Waals surface area contributed by atoms with Crippen LogP contribution in [0.5, 0.6) is 0 Å². The van der Waals surface area contributed by atoms with Crippen LogP contribution >= 0.6 is 22.9 Å². The first-order valence-electron chi connectivity index (χ1n) is 6.48. The van der Waals surface area contributed by atoms with Gasteiger partial charge in [0.1, 0.15) is 21.2 Å². The van der Waals surface area contributed by atoms with Crippen molar-refractivity contribution in [3.8, 4) is 0 Å². The number of halogens is 2. The van der Waals surface area contributed by atoms with Crippen LogP contribution in [0, 0.1) is 5.82 Å². The third-order valence-electron chi connectivity index (χ3n) is 3.06. The van der Waals surface area contributed by atoms with E-state index in [2.05, 4.69) is 10.2 Å². The van der Waals surface area contributed by atoms with Gasteiger partial charge in [0.2, 0.25) is 0 Å².